The lowest BCUT2D eigenvalue weighted by Gasteiger charge is -2.25. The fourth-order valence-corrected chi connectivity index (χ4v) is 3.64. The summed E-state index contributed by atoms with van der Waals surface area (Å²) in [5.41, 5.74) is 0. The second kappa shape index (κ2) is 6.22. The van der Waals surface area contributed by atoms with Gasteiger partial charge in [0.25, 0.3) is 0 Å². The number of fused-ring (bicyclic) bond motifs is 1. The quantitative estimate of drug-likeness (QED) is 0.853. The Bertz CT molecular complexity index is 587. The van der Waals surface area contributed by atoms with Crippen LogP contribution in [0, 0.1) is 11.8 Å². The summed E-state index contributed by atoms with van der Waals surface area (Å²) in [7, 11) is 0. The van der Waals surface area contributed by atoms with E-state index >= 15 is 0 Å². The van der Waals surface area contributed by atoms with E-state index in [0.717, 1.165) is 45.9 Å². The van der Waals surface area contributed by atoms with Crippen LogP contribution in [0.3, 0.4) is 0 Å². The Morgan fingerprint density at radius 3 is 2.95 bits per heavy atom. The molecule has 2 aliphatic rings. The van der Waals surface area contributed by atoms with E-state index in [2.05, 4.69) is 31.9 Å². The fraction of sp³-hybridized carbons (Fsp3) is 0.625. The van der Waals surface area contributed by atoms with Crippen molar-refractivity contribution < 1.29 is 4.74 Å². The summed E-state index contributed by atoms with van der Waals surface area (Å²) in [6, 6.07) is 1.99. The number of ether oxygens (including phenoxy) is 1. The zero-order valence-corrected chi connectivity index (χ0v) is 12.8. The van der Waals surface area contributed by atoms with E-state index in [4.69, 9.17) is 4.74 Å². The fourth-order valence-electron chi connectivity index (χ4n) is 3.64. The third-order valence-corrected chi connectivity index (χ3v) is 4.68. The Hall–Kier alpha value is -1.66. The van der Waals surface area contributed by atoms with E-state index in [0.29, 0.717) is 11.8 Å². The van der Waals surface area contributed by atoms with E-state index in [1.807, 2.05) is 23.1 Å². The topological polar surface area (TPSA) is 48.1 Å². The van der Waals surface area contributed by atoms with Crippen molar-refractivity contribution in [3.8, 4) is 0 Å². The lowest BCUT2D eigenvalue weighted by molar-refractivity contribution is 0.153. The van der Waals surface area contributed by atoms with Crippen molar-refractivity contribution in [3.63, 3.8) is 0 Å². The minimum absolute atomic E-state index is 0.553. The monoisotopic (exact) mass is 301 g/mol. The van der Waals surface area contributed by atoms with Crippen molar-refractivity contribution in [1.29, 1.82) is 0 Å². The van der Waals surface area contributed by atoms with Crippen molar-refractivity contribution >= 4 is 0 Å². The van der Waals surface area contributed by atoms with Gasteiger partial charge in [0, 0.05) is 63.5 Å². The first kappa shape index (κ1) is 14.0. The largest absolute Gasteiger partial charge is 0.381 e. The molecule has 0 aliphatic carbocycles. The van der Waals surface area contributed by atoms with Crippen molar-refractivity contribution in [2.75, 3.05) is 26.3 Å². The first-order valence-corrected chi connectivity index (χ1v) is 8.14. The van der Waals surface area contributed by atoms with Crippen LogP contribution in [-0.4, -0.2) is 50.5 Å². The highest BCUT2D eigenvalue weighted by molar-refractivity contribution is 4.96. The lowest BCUT2D eigenvalue weighted by Crippen LogP contribution is -2.34. The first-order chi connectivity index (χ1) is 10.9. The molecule has 0 amide bonds. The van der Waals surface area contributed by atoms with Crippen LogP contribution in [0.4, 0.5) is 0 Å². The third kappa shape index (κ3) is 3.08. The molecule has 4 heterocycles. The maximum absolute atomic E-state index is 5.53. The number of rotatable bonds is 4. The van der Waals surface area contributed by atoms with E-state index in [1.54, 1.807) is 0 Å². The summed E-state index contributed by atoms with van der Waals surface area (Å²) in [6.07, 6.45) is 9.12. The van der Waals surface area contributed by atoms with Gasteiger partial charge in [-0.25, -0.2) is 4.98 Å². The molecule has 6 nitrogen and oxygen atoms in total. The Balaban J connectivity index is 1.49. The van der Waals surface area contributed by atoms with Gasteiger partial charge in [-0.15, -0.1) is 0 Å². The van der Waals surface area contributed by atoms with Gasteiger partial charge >= 0.3 is 0 Å². The predicted molar refractivity (Wildman–Crippen MR) is 82.1 cm³/mol. The van der Waals surface area contributed by atoms with Gasteiger partial charge in [0.05, 0.1) is 13.2 Å². The zero-order chi connectivity index (χ0) is 14.8. The molecule has 1 saturated heterocycles. The summed E-state index contributed by atoms with van der Waals surface area (Å²) in [5.74, 6) is 2.41. The molecule has 0 spiro atoms. The molecule has 2 aromatic heterocycles. The molecule has 0 bridgehead atoms. The highest BCUT2D eigenvalue weighted by Gasteiger charge is 2.26. The number of aromatic nitrogens is 4. The molecular weight excluding hydrogens is 278 g/mol. The Kier molecular flexibility index (Phi) is 3.95. The van der Waals surface area contributed by atoms with Gasteiger partial charge in [-0.2, -0.15) is 5.10 Å². The van der Waals surface area contributed by atoms with E-state index < -0.39 is 0 Å². The average molecular weight is 301 g/mol. The molecule has 22 heavy (non-hydrogen) atoms. The second-order valence-corrected chi connectivity index (χ2v) is 6.51. The molecule has 6 heteroatoms. The van der Waals surface area contributed by atoms with Crippen LogP contribution in [0.5, 0.6) is 0 Å². The summed E-state index contributed by atoms with van der Waals surface area (Å²) in [5, 5.41) is 4.37. The molecule has 0 saturated carbocycles. The Morgan fingerprint density at radius 1 is 1.14 bits per heavy atom. The molecule has 0 N–H and O–H groups in total. The van der Waals surface area contributed by atoms with Gasteiger partial charge in [0.1, 0.15) is 5.82 Å². The average Bonchev–Trinajstić information content (AvgIpc) is 3.22. The van der Waals surface area contributed by atoms with E-state index in [-0.39, 0.29) is 0 Å². The third-order valence-electron chi connectivity index (χ3n) is 4.68. The van der Waals surface area contributed by atoms with Crippen LogP contribution in [0.2, 0.25) is 0 Å². The molecule has 0 radical (unpaired) electrons. The van der Waals surface area contributed by atoms with E-state index in [9.17, 15) is 0 Å². The second-order valence-electron chi connectivity index (χ2n) is 6.51. The summed E-state index contributed by atoms with van der Waals surface area (Å²) < 4.78 is 9.88. The van der Waals surface area contributed by atoms with Crippen molar-refractivity contribution in [1.82, 2.24) is 24.2 Å². The summed E-state index contributed by atoms with van der Waals surface area (Å²) in [6.45, 7) is 6.97. The summed E-state index contributed by atoms with van der Waals surface area (Å²) >= 11 is 0. The van der Waals surface area contributed by atoms with Crippen LogP contribution in [0.25, 0.3) is 0 Å². The number of hydrogen-bond donors (Lipinski definition) is 0. The molecule has 4 rings (SSSR count). The molecule has 0 aromatic carbocycles. The smallest absolute Gasteiger partial charge is 0.122 e. The molecule has 1 fully saturated rings. The Morgan fingerprint density at radius 2 is 2.14 bits per heavy atom. The zero-order valence-electron chi connectivity index (χ0n) is 12.8. The maximum atomic E-state index is 5.53. The molecule has 2 aliphatic heterocycles. The molecule has 2 aromatic rings. The van der Waals surface area contributed by atoms with E-state index in [1.165, 1.54) is 12.2 Å². The SMILES string of the molecule is c1cnn(CC2CN(CC3CCOC3)Cc3nccn3C2)c1. The molecular formula is C16H23N5O. The highest BCUT2D eigenvalue weighted by Crippen LogP contribution is 2.20. The van der Waals surface area contributed by atoms with Gasteiger partial charge in [-0.05, 0) is 18.4 Å². The maximum Gasteiger partial charge on any atom is 0.122 e. The molecule has 2 atom stereocenters. The standard InChI is InChI=1S/C16H23N5O/c1-3-18-21(5-1)11-15-9-19(8-14-2-7-22-13-14)12-16-17-4-6-20(16)10-15/h1,3-6,14-15H,2,7-13H2. The molecule has 2 unspecified atom stereocenters. The highest BCUT2D eigenvalue weighted by atomic mass is 16.5. The number of hydrogen-bond acceptors (Lipinski definition) is 4. The van der Waals surface area contributed by atoms with Gasteiger partial charge in [-0.1, -0.05) is 0 Å². The van der Waals surface area contributed by atoms with Gasteiger partial charge < -0.3 is 9.30 Å². The molecule has 118 valence electrons. The minimum atomic E-state index is 0.553. The van der Waals surface area contributed by atoms with Crippen LogP contribution >= 0.6 is 0 Å². The van der Waals surface area contributed by atoms with Crippen LogP contribution < -0.4 is 0 Å². The number of imidazole rings is 1. The van der Waals surface area contributed by atoms with Crippen LogP contribution in [0.1, 0.15) is 12.2 Å². The normalized spacial score (nSPS) is 26.0. The number of nitrogens with zero attached hydrogens (tertiary/aromatic N) is 5. The van der Waals surface area contributed by atoms with Gasteiger partial charge in [0.15, 0.2) is 0 Å². The van der Waals surface area contributed by atoms with Crippen molar-refractivity contribution in [2.45, 2.75) is 26.1 Å². The van der Waals surface area contributed by atoms with Crippen molar-refractivity contribution in [3.05, 3.63) is 36.7 Å². The van der Waals surface area contributed by atoms with Gasteiger partial charge in [0.2, 0.25) is 0 Å². The minimum Gasteiger partial charge on any atom is -0.381 e. The summed E-state index contributed by atoms with van der Waals surface area (Å²) in [4.78, 5) is 7.10. The lowest BCUT2D eigenvalue weighted by atomic mass is 10.1. The first-order valence-electron chi connectivity index (χ1n) is 8.14. The van der Waals surface area contributed by atoms with Gasteiger partial charge in [-0.3, -0.25) is 9.58 Å². The predicted octanol–water partition coefficient (Wildman–Crippen LogP) is 1.25. The van der Waals surface area contributed by atoms with Crippen LogP contribution in [-0.2, 0) is 24.4 Å². The van der Waals surface area contributed by atoms with Crippen LogP contribution in [0.15, 0.2) is 30.9 Å². The Labute approximate surface area is 130 Å². The van der Waals surface area contributed by atoms with Crippen molar-refractivity contribution in [2.24, 2.45) is 11.8 Å².